The number of nitrogens with zero attached hydrogens (tertiary/aromatic N) is 3. The largest absolute Gasteiger partial charge is 0.336 e. The zero-order valence-corrected chi connectivity index (χ0v) is 23.0. The molecule has 7 rings (SSSR count). The summed E-state index contributed by atoms with van der Waals surface area (Å²) in [4.78, 5) is 43.7. The first kappa shape index (κ1) is 25.8. The average molecular weight is 555 g/mol. The van der Waals surface area contributed by atoms with Gasteiger partial charge in [0.25, 0.3) is 17.7 Å². The summed E-state index contributed by atoms with van der Waals surface area (Å²) in [5.41, 5.74) is 5.38. The number of carbonyl (C=O) groups is 3. The number of hydrogen-bond acceptors (Lipinski definition) is 3. The molecule has 7 nitrogen and oxygen atoms in total. The maximum Gasteiger partial charge on any atom is 0.256 e. The highest BCUT2D eigenvalue weighted by Gasteiger charge is 2.45. The van der Waals surface area contributed by atoms with Crippen molar-refractivity contribution in [2.45, 2.75) is 12.5 Å². The maximum absolute atomic E-state index is 14.0. The molecule has 3 amide bonds. The van der Waals surface area contributed by atoms with Gasteiger partial charge in [0.2, 0.25) is 0 Å². The third-order valence-electron chi connectivity index (χ3n) is 8.50. The number of carbonyl (C=O) groups excluding carboxylic acids is 3. The van der Waals surface area contributed by atoms with Crippen molar-refractivity contribution in [3.05, 3.63) is 132 Å². The van der Waals surface area contributed by atoms with E-state index in [2.05, 4.69) is 21.9 Å². The molecule has 3 aromatic carbocycles. The van der Waals surface area contributed by atoms with Crippen LogP contribution in [0.5, 0.6) is 0 Å². The lowest BCUT2D eigenvalue weighted by Crippen LogP contribution is -2.40. The lowest BCUT2D eigenvalue weighted by atomic mass is 10.0. The number of rotatable bonds is 5. The lowest BCUT2D eigenvalue weighted by molar-refractivity contribution is 0.0690. The number of nitrogens with one attached hydrogen (secondary N) is 1. The molecular formula is C35H30N4O3. The molecule has 5 aromatic rings. The topological polar surface area (TPSA) is 74.1 Å². The van der Waals surface area contributed by atoms with Crippen LogP contribution < -0.4 is 5.32 Å². The Hall–Kier alpha value is -5.17. The van der Waals surface area contributed by atoms with Crippen LogP contribution in [0.15, 0.2) is 115 Å². The number of anilines is 1. The van der Waals surface area contributed by atoms with E-state index in [0.29, 0.717) is 42.0 Å². The van der Waals surface area contributed by atoms with Gasteiger partial charge < -0.3 is 19.5 Å². The Morgan fingerprint density at radius 2 is 1.43 bits per heavy atom. The number of aromatic nitrogens is 1. The standard InChI is InChI=1S/C35H30N4O3/c40-33(25-11-5-2-6-12-25)36-28-16-14-26(15-17-28)34(41)37-22-27-18-20-39(32(27)23-37)35(42)29-21-31(24-9-3-1-4-10-24)38-19-8-7-13-30(29)38/h1-17,19,21,27,32H,18,20,22-23H2,(H,36,40)/t27-,32+/m0/s1. The van der Waals surface area contributed by atoms with Gasteiger partial charge in [0.15, 0.2) is 0 Å². The smallest absolute Gasteiger partial charge is 0.256 e. The molecule has 0 unspecified atom stereocenters. The van der Waals surface area contributed by atoms with Gasteiger partial charge in [-0.3, -0.25) is 14.4 Å². The predicted octanol–water partition coefficient (Wildman–Crippen LogP) is 5.85. The lowest BCUT2D eigenvalue weighted by Gasteiger charge is -2.25. The van der Waals surface area contributed by atoms with Crippen LogP contribution in [0.3, 0.4) is 0 Å². The Kier molecular flexibility index (Phi) is 6.55. The van der Waals surface area contributed by atoms with E-state index < -0.39 is 0 Å². The van der Waals surface area contributed by atoms with Gasteiger partial charge in [0.05, 0.1) is 22.8 Å². The molecule has 0 aliphatic carbocycles. The van der Waals surface area contributed by atoms with Gasteiger partial charge in [-0.1, -0.05) is 54.6 Å². The molecule has 2 saturated heterocycles. The Morgan fingerprint density at radius 1 is 0.714 bits per heavy atom. The van der Waals surface area contributed by atoms with E-state index in [4.69, 9.17) is 0 Å². The Morgan fingerprint density at radius 3 is 2.19 bits per heavy atom. The van der Waals surface area contributed by atoms with Crippen LogP contribution in [0.2, 0.25) is 0 Å². The highest BCUT2D eigenvalue weighted by atomic mass is 16.2. The second-order valence-electron chi connectivity index (χ2n) is 11.0. The van der Waals surface area contributed by atoms with Crippen molar-refractivity contribution in [3.63, 3.8) is 0 Å². The molecule has 0 radical (unpaired) electrons. The molecule has 7 heteroatoms. The van der Waals surface area contributed by atoms with Crippen LogP contribution in [0.1, 0.15) is 37.5 Å². The number of amides is 3. The summed E-state index contributed by atoms with van der Waals surface area (Å²) in [5.74, 6) is 0.0168. The summed E-state index contributed by atoms with van der Waals surface area (Å²) in [7, 11) is 0. The normalized spacial score (nSPS) is 17.8. The average Bonchev–Trinajstić information content (AvgIpc) is 3.75. The highest BCUT2D eigenvalue weighted by molar-refractivity contribution is 6.05. The molecule has 208 valence electrons. The zero-order chi connectivity index (χ0) is 28.6. The van der Waals surface area contributed by atoms with E-state index in [-0.39, 0.29) is 29.7 Å². The maximum atomic E-state index is 14.0. The molecule has 1 N–H and O–H groups in total. The third kappa shape index (κ3) is 4.63. The number of benzene rings is 3. The van der Waals surface area contributed by atoms with Gasteiger partial charge in [0, 0.05) is 48.6 Å². The van der Waals surface area contributed by atoms with Gasteiger partial charge in [-0.15, -0.1) is 0 Å². The van der Waals surface area contributed by atoms with Crippen molar-refractivity contribution in [1.29, 1.82) is 0 Å². The van der Waals surface area contributed by atoms with Crippen molar-refractivity contribution in [2.75, 3.05) is 25.0 Å². The number of fused-ring (bicyclic) bond motifs is 2. The minimum Gasteiger partial charge on any atom is -0.336 e. The van der Waals surface area contributed by atoms with Crippen LogP contribution in [0.25, 0.3) is 16.8 Å². The monoisotopic (exact) mass is 554 g/mol. The van der Waals surface area contributed by atoms with E-state index in [9.17, 15) is 14.4 Å². The van der Waals surface area contributed by atoms with Crippen LogP contribution in [0.4, 0.5) is 5.69 Å². The van der Waals surface area contributed by atoms with Crippen LogP contribution in [0, 0.1) is 5.92 Å². The number of pyridine rings is 1. The molecule has 0 saturated carbocycles. The Labute approximate surface area is 244 Å². The zero-order valence-electron chi connectivity index (χ0n) is 23.0. The first-order chi connectivity index (χ1) is 20.6. The Balaban J connectivity index is 1.06. The Bertz CT molecular complexity index is 1780. The van der Waals surface area contributed by atoms with E-state index in [1.54, 1.807) is 36.4 Å². The molecule has 2 fully saturated rings. The van der Waals surface area contributed by atoms with E-state index in [1.807, 2.05) is 76.7 Å². The predicted molar refractivity (Wildman–Crippen MR) is 163 cm³/mol. The van der Waals surface area contributed by atoms with Gasteiger partial charge >= 0.3 is 0 Å². The van der Waals surface area contributed by atoms with E-state index >= 15 is 0 Å². The summed E-state index contributed by atoms with van der Waals surface area (Å²) < 4.78 is 2.08. The fourth-order valence-electron chi connectivity index (χ4n) is 6.36. The number of hydrogen-bond donors (Lipinski definition) is 1. The van der Waals surface area contributed by atoms with Crippen LogP contribution in [-0.2, 0) is 0 Å². The van der Waals surface area contributed by atoms with Crippen molar-refractivity contribution in [1.82, 2.24) is 14.2 Å². The van der Waals surface area contributed by atoms with E-state index in [1.165, 1.54) is 0 Å². The van der Waals surface area contributed by atoms with Gasteiger partial charge in [0.1, 0.15) is 0 Å². The summed E-state index contributed by atoms with van der Waals surface area (Å²) in [5, 5.41) is 2.88. The molecule has 42 heavy (non-hydrogen) atoms. The molecule has 4 heterocycles. The van der Waals surface area contributed by atoms with Gasteiger partial charge in [-0.25, -0.2) is 0 Å². The second kappa shape index (κ2) is 10.7. The fraction of sp³-hybridized carbons (Fsp3) is 0.171. The summed E-state index contributed by atoms with van der Waals surface area (Å²) in [6, 6.07) is 34.0. The third-order valence-corrected chi connectivity index (χ3v) is 8.50. The van der Waals surface area contributed by atoms with Gasteiger partial charge in [-0.05, 0) is 66.6 Å². The second-order valence-corrected chi connectivity index (χ2v) is 11.0. The molecular weight excluding hydrogens is 524 g/mol. The molecule has 2 aliphatic heterocycles. The molecule has 2 aliphatic rings. The summed E-state index contributed by atoms with van der Waals surface area (Å²) in [6.07, 6.45) is 2.87. The molecule has 2 atom stereocenters. The van der Waals surface area contributed by atoms with Crippen molar-refractivity contribution in [2.24, 2.45) is 5.92 Å². The fourth-order valence-corrected chi connectivity index (χ4v) is 6.36. The molecule has 2 aromatic heterocycles. The summed E-state index contributed by atoms with van der Waals surface area (Å²) >= 11 is 0. The van der Waals surface area contributed by atoms with Crippen LogP contribution >= 0.6 is 0 Å². The van der Waals surface area contributed by atoms with E-state index in [0.717, 1.165) is 23.2 Å². The van der Waals surface area contributed by atoms with Crippen LogP contribution in [-0.4, -0.2) is 57.6 Å². The first-order valence-corrected chi connectivity index (χ1v) is 14.3. The van der Waals surface area contributed by atoms with Crippen molar-refractivity contribution >= 4 is 28.9 Å². The quantitative estimate of drug-likeness (QED) is 0.296. The molecule has 0 spiro atoms. The van der Waals surface area contributed by atoms with Crippen molar-refractivity contribution < 1.29 is 14.4 Å². The number of likely N-dealkylation sites (tertiary alicyclic amines) is 2. The SMILES string of the molecule is O=C(Nc1ccc(C(=O)N2C[C@@H]3CCN(C(=O)c4cc(-c5ccccc5)n5ccccc45)[C@@H]3C2)cc1)c1ccccc1. The first-order valence-electron chi connectivity index (χ1n) is 14.3. The van der Waals surface area contributed by atoms with Crippen molar-refractivity contribution in [3.8, 4) is 11.3 Å². The summed E-state index contributed by atoms with van der Waals surface area (Å²) in [6.45, 7) is 1.83. The minimum atomic E-state index is -0.196. The highest BCUT2D eigenvalue weighted by Crippen LogP contribution is 2.35. The molecule has 0 bridgehead atoms. The van der Waals surface area contributed by atoms with Gasteiger partial charge in [-0.2, -0.15) is 0 Å². The minimum absolute atomic E-state index is 0.00952.